The van der Waals surface area contributed by atoms with Crippen LogP contribution in [-0.2, 0) is 0 Å². The summed E-state index contributed by atoms with van der Waals surface area (Å²) in [5, 5.41) is 4.44. The normalized spacial score (nSPS) is 11.5. The van der Waals surface area contributed by atoms with E-state index in [9.17, 15) is 0 Å². The van der Waals surface area contributed by atoms with Crippen LogP contribution in [0.4, 0.5) is 17.1 Å². The van der Waals surface area contributed by atoms with Crippen molar-refractivity contribution in [2.45, 2.75) is 0 Å². The van der Waals surface area contributed by atoms with E-state index in [1.165, 1.54) is 22.3 Å². The summed E-state index contributed by atoms with van der Waals surface area (Å²) in [4.78, 5) is 2.30. The minimum absolute atomic E-state index is 0.850. The fourth-order valence-corrected chi connectivity index (χ4v) is 8.35. The van der Waals surface area contributed by atoms with Gasteiger partial charge in [-0.3, -0.25) is 0 Å². The molecule has 0 saturated carbocycles. The lowest BCUT2D eigenvalue weighted by Gasteiger charge is -2.26. The van der Waals surface area contributed by atoms with E-state index >= 15 is 0 Å². The van der Waals surface area contributed by atoms with Crippen LogP contribution in [0.15, 0.2) is 221 Å². The van der Waals surface area contributed by atoms with Crippen LogP contribution in [0.25, 0.3) is 88.4 Å². The van der Waals surface area contributed by atoms with Gasteiger partial charge in [-0.1, -0.05) is 164 Å². The van der Waals surface area contributed by atoms with Crippen molar-refractivity contribution >= 4 is 60.9 Å². The van der Waals surface area contributed by atoms with Gasteiger partial charge in [-0.05, 0) is 87.5 Å². The van der Waals surface area contributed by atoms with Gasteiger partial charge < -0.3 is 13.7 Å². The van der Waals surface area contributed by atoms with Gasteiger partial charge in [0.05, 0.1) is 5.69 Å². The number of fused-ring (bicyclic) bond motifs is 6. The fraction of sp³-hybridized carbons (Fsp3) is 0. The van der Waals surface area contributed by atoms with Gasteiger partial charge in [0.1, 0.15) is 16.7 Å². The van der Waals surface area contributed by atoms with Crippen LogP contribution in [0.5, 0.6) is 0 Å². The second-order valence-electron chi connectivity index (χ2n) is 14.5. The van der Waals surface area contributed by atoms with Gasteiger partial charge in [-0.15, -0.1) is 0 Å². The molecular formula is C54H35NO2. The minimum Gasteiger partial charge on any atom is -0.455 e. The molecule has 2 aromatic heterocycles. The smallest absolute Gasteiger partial charge is 0.159 e. The predicted octanol–water partition coefficient (Wildman–Crippen LogP) is 15.6. The maximum absolute atomic E-state index is 6.62. The van der Waals surface area contributed by atoms with Crippen LogP contribution in [0.1, 0.15) is 0 Å². The summed E-state index contributed by atoms with van der Waals surface area (Å²) < 4.78 is 13.0. The van der Waals surface area contributed by atoms with Crippen molar-refractivity contribution in [3.63, 3.8) is 0 Å². The van der Waals surface area contributed by atoms with Gasteiger partial charge in [0.2, 0.25) is 0 Å². The van der Waals surface area contributed by atoms with Crippen LogP contribution in [0.2, 0.25) is 0 Å². The maximum atomic E-state index is 6.62. The maximum Gasteiger partial charge on any atom is 0.159 e. The van der Waals surface area contributed by atoms with Crippen LogP contribution in [-0.4, -0.2) is 0 Å². The van der Waals surface area contributed by atoms with E-state index in [1.807, 2.05) is 24.3 Å². The Balaban J connectivity index is 1.03. The van der Waals surface area contributed by atoms with E-state index < -0.39 is 0 Å². The lowest BCUT2D eigenvalue weighted by atomic mass is 9.91. The molecule has 0 atom stereocenters. The van der Waals surface area contributed by atoms with Crippen molar-refractivity contribution in [3.8, 4) is 44.5 Å². The lowest BCUT2D eigenvalue weighted by Crippen LogP contribution is -2.10. The molecule has 0 saturated heterocycles. The van der Waals surface area contributed by atoms with Crippen LogP contribution in [0, 0.1) is 0 Å². The SMILES string of the molecule is c1ccc(-c2ccc(-c3ccc(N(c4ccc(-c5cccc6c5oc5ccccc56)cc4)c4cccc5c4oc4ccccc45)cc3)cc2-c2ccccc2)cc1. The highest BCUT2D eigenvalue weighted by Gasteiger charge is 2.20. The lowest BCUT2D eigenvalue weighted by molar-refractivity contribution is 0.669. The molecule has 3 nitrogen and oxygen atoms in total. The average Bonchev–Trinajstić information content (AvgIpc) is 3.87. The summed E-state index contributed by atoms with van der Waals surface area (Å²) in [6.45, 7) is 0. The van der Waals surface area contributed by atoms with E-state index in [-0.39, 0.29) is 0 Å². The zero-order chi connectivity index (χ0) is 37.7. The Labute approximate surface area is 330 Å². The monoisotopic (exact) mass is 729 g/mol. The highest BCUT2D eigenvalue weighted by molar-refractivity contribution is 6.11. The molecule has 0 radical (unpaired) electrons. The Morgan fingerprint density at radius 1 is 0.281 bits per heavy atom. The van der Waals surface area contributed by atoms with Crippen LogP contribution >= 0.6 is 0 Å². The summed E-state index contributed by atoms with van der Waals surface area (Å²) in [6.07, 6.45) is 0. The average molecular weight is 730 g/mol. The van der Waals surface area contributed by atoms with Crippen molar-refractivity contribution in [2.75, 3.05) is 4.90 Å². The van der Waals surface area contributed by atoms with E-state index in [2.05, 4.69) is 193 Å². The third kappa shape index (κ3) is 5.68. The number of anilines is 3. The standard InChI is InChI=1S/C54H35NO2/c1-3-13-37(14-4-1)43-34-29-40(35-49(43)38-15-5-2-6-16-38)36-25-30-41(31-26-36)55(50-22-12-21-48-46-18-8-10-24-52(46)57-54(48)50)42-32-27-39(28-33-42)44-19-11-20-47-45-17-7-9-23-51(45)56-53(44)47/h1-35H. The zero-order valence-corrected chi connectivity index (χ0v) is 31.0. The molecule has 11 rings (SSSR count). The first-order chi connectivity index (χ1) is 28.3. The Bertz CT molecular complexity index is 3210. The Morgan fingerprint density at radius 2 is 0.754 bits per heavy atom. The number of rotatable bonds is 7. The largest absolute Gasteiger partial charge is 0.455 e. The van der Waals surface area contributed by atoms with Gasteiger partial charge in [0.25, 0.3) is 0 Å². The van der Waals surface area contributed by atoms with E-state index in [0.29, 0.717) is 0 Å². The molecule has 0 unspecified atom stereocenters. The third-order valence-corrected chi connectivity index (χ3v) is 11.1. The molecule has 2 heterocycles. The predicted molar refractivity (Wildman–Crippen MR) is 237 cm³/mol. The van der Waals surface area contributed by atoms with Gasteiger partial charge in [0.15, 0.2) is 5.58 Å². The number of benzene rings is 9. The Kier molecular flexibility index (Phi) is 7.82. The number of nitrogens with zero attached hydrogens (tertiary/aromatic N) is 1. The first kappa shape index (κ1) is 32.8. The molecule has 11 aromatic rings. The van der Waals surface area contributed by atoms with Gasteiger partial charge in [-0.25, -0.2) is 0 Å². The molecule has 0 aliphatic carbocycles. The molecule has 268 valence electrons. The van der Waals surface area contributed by atoms with Gasteiger partial charge in [-0.2, -0.15) is 0 Å². The Morgan fingerprint density at radius 3 is 1.40 bits per heavy atom. The first-order valence-corrected chi connectivity index (χ1v) is 19.3. The van der Waals surface area contributed by atoms with Crippen molar-refractivity contribution in [3.05, 3.63) is 212 Å². The first-order valence-electron chi connectivity index (χ1n) is 19.3. The number of hydrogen-bond acceptors (Lipinski definition) is 3. The van der Waals surface area contributed by atoms with E-state index in [0.717, 1.165) is 83.2 Å². The minimum atomic E-state index is 0.850. The molecule has 0 aliphatic heterocycles. The summed E-state index contributed by atoms with van der Waals surface area (Å²) in [5.41, 5.74) is 15.8. The molecule has 0 N–H and O–H groups in total. The quantitative estimate of drug-likeness (QED) is 0.164. The Hall–Kier alpha value is -7.62. The number of hydrogen-bond donors (Lipinski definition) is 0. The highest BCUT2D eigenvalue weighted by Crippen LogP contribution is 2.44. The molecule has 0 bridgehead atoms. The van der Waals surface area contributed by atoms with Crippen molar-refractivity contribution in [1.82, 2.24) is 0 Å². The van der Waals surface area contributed by atoms with Gasteiger partial charge in [0, 0.05) is 38.5 Å². The van der Waals surface area contributed by atoms with Gasteiger partial charge >= 0.3 is 0 Å². The van der Waals surface area contributed by atoms with Crippen molar-refractivity contribution in [1.29, 1.82) is 0 Å². The molecule has 0 spiro atoms. The second kappa shape index (κ2) is 13.6. The summed E-state index contributed by atoms with van der Waals surface area (Å²) in [6, 6.07) is 75.1. The van der Waals surface area contributed by atoms with E-state index in [4.69, 9.17) is 8.83 Å². The van der Waals surface area contributed by atoms with Crippen molar-refractivity contribution < 1.29 is 8.83 Å². The molecule has 3 heteroatoms. The molecule has 0 amide bonds. The summed E-state index contributed by atoms with van der Waals surface area (Å²) in [5.74, 6) is 0. The third-order valence-electron chi connectivity index (χ3n) is 11.1. The molecule has 9 aromatic carbocycles. The topological polar surface area (TPSA) is 29.5 Å². The highest BCUT2D eigenvalue weighted by atomic mass is 16.3. The summed E-state index contributed by atoms with van der Waals surface area (Å²) >= 11 is 0. The number of para-hydroxylation sites is 4. The van der Waals surface area contributed by atoms with E-state index in [1.54, 1.807) is 0 Å². The molecule has 57 heavy (non-hydrogen) atoms. The molecular weight excluding hydrogens is 695 g/mol. The van der Waals surface area contributed by atoms with Crippen LogP contribution < -0.4 is 4.90 Å². The second-order valence-corrected chi connectivity index (χ2v) is 14.5. The molecule has 0 fully saturated rings. The zero-order valence-electron chi connectivity index (χ0n) is 31.0. The van der Waals surface area contributed by atoms with Crippen LogP contribution in [0.3, 0.4) is 0 Å². The molecule has 0 aliphatic rings. The fourth-order valence-electron chi connectivity index (χ4n) is 8.35. The van der Waals surface area contributed by atoms with Crippen molar-refractivity contribution in [2.24, 2.45) is 0 Å². The number of furan rings is 2. The summed E-state index contributed by atoms with van der Waals surface area (Å²) in [7, 11) is 0.